The van der Waals surface area contributed by atoms with E-state index in [9.17, 15) is 9.59 Å². The predicted octanol–water partition coefficient (Wildman–Crippen LogP) is 2.47. The topological polar surface area (TPSA) is 76.5 Å². The Balaban J connectivity index is 1.26. The van der Waals surface area contributed by atoms with Crippen molar-refractivity contribution in [2.75, 3.05) is 16.8 Å². The van der Waals surface area contributed by atoms with Gasteiger partial charge in [-0.3, -0.25) is 9.59 Å². The number of benzene rings is 2. The lowest BCUT2D eigenvalue weighted by Crippen LogP contribution is -2.34. The standard InChI is InChI=1S/C23H22N4O3/c28-22(25-20-6-5-18-14-30-15-19(18)9-20)13-27-23(29)10-21(11-24-27)26-8-7-16-3-1-2-4-17(16)12-26/h1-6,9-11H,7-8,12-15H2,(H,25,28). The van der Waals surface area contributed by atoms with Crippen LogP contribution < -0.4 is 15.8 Å². The van der Waals surface area contributed by atoms with Gasteiger partial charge in [0.1, 0.15) is 6.54 Å². The van der Waals surface area contributed by atoms with Crippen LogP contribution >= 0.6 is 0 Å². The van der Waals surface area contributed by atoms with Crippen LogP contribution in [-0.2, 0) is 42.3 Å². The fraction of sp³-hybridized carbons (Fsp3) is 0.261. The van der Waals surface area contributed by atoms with Gasteiger partial charge in [-0.1, -0.05) is 30.3 Å². The Hall–Kier alpha value is -3.45. The monoisotopic (exact) mass is 402 g/mol. The van der Waals surface area contributed by atoms with Gasteiger partial charge in [-0.05, 0) is 40.8 Å². The van der Waals surface area contributed by atoms with Crippen LogP contribution in [-0.4, -0.2) is 22.2 Å². The number of carbonyl (C=O) groups is 1. The summed E-state index contributed by atoms with van der Waals surface area (Å²) >= 11 is 0. The molecule has 0 bridgehead atoms. The van der Waals surface area contributed by atoms with Gasteiger partial charge in [-0.2, -0.15) is 5.10 Å². The molecule has 0 atom stereocenters. The number of nitrogens with zero attached hydrogens (tertiary/aromatic N) is 3. The molecule has 7 nitrogen and oxygen atoms in total. The van der Waals surface area contributed by atoms with Crippen molar-refractivity contribution in [3.63, 3.8) is 0 Å². The number of nitrogens with one attached hydrogen (secondary N) is 1. The fourth-order valence-corrected chi connectivity index (χ4v) is 4.02. The summed E-state index contributed by atoms with van der Waals surface area (Å²) in [4.78, 5) is 27.1. The van der Waals surface area contributed by atoms with Crippen molar-refractivity contribution in [1.82, 2.24) is 9.78 Å². The van der Waals surface area contributed by atoms with E-state index in [0.29, 0.717) is 18.9 Å². The number of hydrogen-bond acceptors (Lipinski definition) is 5. The van der Waals surface area contributed by atoms with Crippen molar-refractivity contribution < 1.29 is 9.53 Å². The molecule has 152 valence electrons. The van der Waals surface area contributed by atoms with E-state index in [0.717, 1.165) is 36.3 Å². The quantitative estimate of drug-likeness (QED) is 0.726. The highest BCUT2D eigenvalue weighted by atomic mass is 16.5. The smallest absolute Gasteiger partial charge is 0.269 e. The van der Waals surface area contributed by atoms with Gasteiger partial charge in [-0.25, -0.2) is 4.68 Å². The average Bonchev–Trinajstić information content (AvgIpc) is 3.22. The zero-order chi connectivity index (χ0) is 20.5. The van der Waals surface area contributed by atoms with Crippen molar-refractivity contribution in [3.8, 4) is 0 Å². The number of carbonyl (C=O) groups excluding carboxylic acids is 1. The van der Waals surface area contributed by atoms with E-state index in [1.54, 1.807) is 12.3 Å². The Morgan fingerprint density at radius 3 is 2.73 bits per heavy atom. The molecule has 0 aliphatic carbocycles. The maximum absolute atomic E-state index is 12.5. The third-order valence-corrected chi connectivity index (χ3v) is 5.65. The third kappa shape index (κ3) is 3.71. The maximum Gasteiger partial charge on any atom is 0.269 e. The first-order chi connectivity index (χ1) is 14.7. The van der Waals surface area contributed by atoms with Crippen molar-refractivity contribution >= 4 is 17.3 Å². The molecule has 7 heteroatoms. The first-order valence-electron chi connectivity index (χ1n) is 10.0. The van der Waals surface area contributed by atoms with Gasteiger partial charge in [0.2, 0.25) is 5.91 Å². The molecule has 0 saturated heterocycles. The van der Waals surface area contributed by atoms with E-state index in [4.69, 9.17) is 4.74 Å². The summed E-state index contributed by atoms with van der Waals surface area (Å²) in [7, 11) is 0. The first kappa shape index (κ1) is 18.6. The summed E-state index contributed by atoms with van der Waals surface area (Å²) in [5.41, 5.74) is 6.03. The minimum absolute atomic E-state index is 0.129. The van der Waals surface area contributed by atoms with Gasteiger partial charge in [0.15, 0.2) is 0 Å². The Morgan fingerprint density at radius 1 is 1.03 bits per heavy atom. The van der Waals surface area contributed by atoms with Crippen LogP contribution in [0.3, 0.4) is 0 Å². The van der Waals surface area contributed by atoms with Crippen LogP contribution in [0, 0.1) is 0 Å². The highest BCUT2D eigenvalue weighted by molar-refractivity contribution is 5.90. The molecule has 0 spiro atoms. The molecule has 1 N–H and O–H groups in total. The van der Waals surface area contributed by atoms with E-state index in [2.05, 4.69) is 33.5 Å². The van der Waals surface area contributed by atoms with E-state index in [-0.39, 0.29) is 18.0 Å². The zero-order valence-corrected chi connectivity index (χ0v) is 16.5. The molecule has 5 rings (SSSR count). The van der Waals surface area contributed by atoms with Crippen LogP contribution in [0.4, 0.5) is 11.4 Å². The van der Waals surface area contributed by atoms with Gasteiger partial charge in [-0.15, -0.1) is 0 Å². The third-order valence-electron chi connectivity index (χ3n) is 5.65. The zero-order valence-electron chi connectivity index (χ0n) is 16.5. The number of ether oxygens (including phenoxy) is 1. The average molecular weight is 402 g/mol. The SMILES string of the molecule is O=C(Cn1ncc(N2CCc3ccccc3C2)cc1=O)Nc1ccc2c(c1)COC2. The molecule has 2 aliphatic rings. The van der Waals surface area contributed by atoms with E-state index in [1.165, 1.54) is 15.8 Å². The van der Waals surface area contributed by atoms with Gasteiger partial charge < -0.3 is 15.0 Å². The molecular formula is C23H22N4O3. The summed E-state index contributed by atoms with van der Waals surface area (Å²) in [6.45, 7) is 2.63. The predicted molar refractivity (Wildman–Crippen MR) is 113 cm³/mol. The van der Waals surface area contributed by atoms with Crippen LogP contribution in [0.25, 0.3) is 0 Å². The molecule has 0 unspecified atom stereocenters. The van der Waals surface area contributed by atoms with Crippen LogP contribution in [0.15, 0.2) is 59.5 Å². The Morgan fingerprint density at radius 2 is 1.87 bits per heavy atom. The second kappa shape index (κ2) is 7.76. The lowest BCUT2D eigenvalue weighted by molar-refractivity contribution is -0.117. The molecule has 2 aliphatic heterocycles. The lowest BCUT2D eigenvalue weighted by atomic mass is 10.00. The molecule has 2 aromatic carbocycles. The molecule has 30 heavy (non-hydrogen) atoms. The van der Waals surface area contributed by atoms with Crippen molar-refractivity contribution in [1.29, 1.82) is 0 Å². The summed E-state index contributed by atoms with van der Waals surface area (Å²) in [5, 5.41) is 7.06. The van der Waals surface area contributed by atoms with Crippen LogP contribution in [0.1, 0.15) is 22.3 Å². The van der Waals surface area contributed by atoms with Gasteiger partial charge >= 0.3 is 0 Å². The Labute approximate surface area is 173 Å². The number of amides is 1. The number of aromatic nitrogens is 2. The molecule has 1 aromatic heterocycles. The van der Waals surface area contributed by atoms with Crippen LogP contribution in [0.2, 0.25) is 0 Å². The number of fused-ring (bicyclic) bond motifs is 2. The van der Waals surface area contributed by atoms with Crippen LogP contribution in [0.5, 0.6) is 0 Å². The van der Waals surface area contributed by atoms with E-state index >= 15 is 0 Å². The second-order valence-electron chi connectivity index (χ2n) is 7.67. The summed E-state index contributed by atoms with van der Waals surface area (Å²) in [6, 6.07) is 15.6. The molecule has 0 saturated carbocycles. The first-order valence-corrected chi connectivity index (χ1v) is 10.0. The highest BCUT2D eigenvalue weighted by Gasteiger charge is 2.18. The maximum atomic E-state index is 12.5. The number of rotatable bonds is 4. The molecule has 1 amide bonds. The summed E-state index contributed by atoms with van der Waals surface area (Å²) in [6.07, 6.45) is 2.60. The number of anilines is 2. The molecule has 3 aromatic rings. The van der Waals surface area contributed by atoms with E-state index < -0.39 is 0 Å². The number of hydrogen-bond donors (Lipinski definition) is 1. The van der Waals surface area contributed by atoms with Crippen molar-refractivity contribution in [2.45, 2.75) is 32.7 Å². The molecule has 3 heterocycles. The Kier molecular flexibility index (Phi) is 4.80. The largest absolute Gasteiger partial charge is 0.372 e. The van der Waals surface area contributed by atoms with Gasteiger partial charge in [0.25, 0.3) is 5.56 Å². The van der Waals surface area contributed by atoms with Crippen molar-refractivity contribution in [3.05, 3.63) is 87.3 Å². The van der Waals surface area contributed by atoms with E-state index in [1.807, 2.05) is 24.3 Å². The molecule has 0 radical (unpaired) electrons. The summed E-state index contributed by atoms with van der Waals surface area (Å²) < 4.78 is 6.58. The summed E-state index contributed by atoms with van der Waals surface area (Å²) in [5.74, 6) is -0.289. The minimum atomic E-state index is -0.289. The Bertz CT molecular complexity index is 1170. The fourth-order valence-electron chi connectivity index (χ4n) is 4.02. The van der Waals surface area contributed by atoms with Gasteiger partial charge in [0, 0.05) is 24.8 Å². The lowest BCUT2D eigenvalue weighted by Gasteiger charge is -2.30. The molecular weight excluding hydrogens is 380 g/mol. The highest BCUT2D eigenvalue weighted by Crippen LogP contribution is 2.24. The normalized spacial score (nSPS) is 14.9. The minimum Gasteiger partial charge on any atom is -0.372 e. The van der Waals surface area contributed by atoms with Crippen molar-refractivity contribution in [2.24, 2.45) is 0 Å². The van der Waals surface area contributed by atoms with Gasteiger partial charge in [0.05, 0.1) is 25.1 Å². The second-order valence-corrected chi connectivity index (χ2v) is 7.67. The molecule has 0 fully saturated rings.